The second-order valence-corrected chi connectivity index (χ2v) is 4.65. The summed E-state index contributed by atoms with van der Waals surface area (Å²) in [5, 5.41) is 7.55. The average molecular weight is 218 g/mol. The van der Waals surface area contributed by atoms with Gasteiger partial charge in [0.1, 0.15) is 11.7 Å². The van der Waals surface area contributed by atoms with E-state index in [0.29, 0.717) is 11.8 Å². The van der Waals surface area contributed by atoms with Crippen LogP contribution in [0.25, 0.3) is 0 Å². The number of nitrogen functional groups attached to an aromatic ring is 1. The zero-order chi connectivity index (χ0) is 11.7. The molecule has 0 aromatic carbocycles. The van der Waals surface area contributed by atoms with Crippen molar-refractivity contribution in [2.24, 2.45) is 17.6 Å². The van der Waals surface area contributed by atoms with Gasteiger partial charge in [0.05, 0.1) is 5.56 Å². The molecule has 0 aliphatic carbocycles. The summed E-state index contributed by atoms with van der Waals surface area (Å²) in [5.74, 6) is 2.28. The Kier molecular flexibility index (Phi) is 2.81. The third-order valence-electron chi connectivity index (χ3n) is 3.36. The van der Waals surface area contributed by atoms with Gasteiger partial charge in [0, 0.05) is 19.3 Å². The minimum absolute atomic E-state index is 0.0929. The Morgan fingerprint density at radius 1 is 1.44 bits per heavy atom. The van der Waals surface area contributed by atoms with Gasteiger partial charge < -0.3 is 10.6 Å². The molecule has 0 bridgehead atoms. The average Bonchev–Trinajstić information content (AvgIpc) is 2.59. The van der Waals surface area contributed by atoms with Crippen molar-refractivity contribution in [2.75, 3.05) is 18.0 Å². The predicted octanol–water partition coefficient (Wildman–Crippen LogP) is 1.46. The van der Waals surface area contributed by atoms with Crippen LogP contribution in [-0.4, -0.2) is 23.9 Å². The summed E-state index contributed by atoms with van der Waals surface area (Å²) < 4.78 is 0. The number of nitrogens with one attached hydrogen (secondary N) is 1. The van der Waals surface area contributed by atoms with Crippen molar-refractivity contribution in [2.45, 2.75) is 13.8 Å². The molecular weight excluding hydrogens is 200 g/mol. The van der Waals surface area contributed by atoms with Gasteiger partial charge in [-0.25, -0.2) is 4.98 Å². The fourth-order valence-electron chi connectivity index (χ4n) is 2.16. The molecule has 0 amide bonds. The number of hydrogen-bond acceptors (Lipinski definition) is 3. The normalized spacial score (nSPS) is 24.8. The molecule has 2 unspecified atom stereocenters. The molecule has 86 valence electrons. The minimum atomic E-state index is 0.0929. The Morgan fingerprint density at radius 2 is 2.06 bits per heavy atom. The number of hydrogen-bond donors (Lipinski definition) is 2. The standard InChI is InChI=1S/C12H18N4/c1-8-6-16(7-9(8)2)12-10(11(13)14)4-3-5-15-12/h3-5,8-9H,6-7H2,1-2H3,(H3,13,14). The van der Waals surface area contributed by atoms with Crippen molar-refractivity contribution in [3.8, 4) is 0 Å². The van der Waals surface area contributed by atoms with E-state index in [1.807, 2.05) is 12.1 Å². The number of amidine groups is 1. The van der Waals surface area contributed by atoms with E-state index in [2.05, 4.69) is 23.7 Å². The van der Waals surface area contributed by atoms with Crippen LogP contribution in [0.5, 0.6) is 0 Å². The lowest BCUT2D eigenvalue weighted by atomic mass is 10.0. The Bertz CT molecular complexity index is 392. The molecule has 3 N–H and O–H groups in total. The van der Waals surface area contributed by atoms with Crippen LogP contribution in [0.15, 0.2) is 18.3 Å². The van der Waals surface area contributed by atoms with E-state index < -0.39 is 0 Å². The predicted molar refractivity (Wildman–Crippen MR) is 65.8 cm³/mol. The largest absolute Gasteiger partial charge is 0.384 e. The summed E-state index contributed by atoms with van der Waals surface area (Å²) >= 11 is 0. The first kappa shape index (κ1) is 10.9. The zero-order valence-electron chi connectivity index (χ0n) is 9.77. The highest BCUT2D eigenvalue weighted by Gasteiger charge is 2.28. The fraction of sp³-hybridized carbons (Fsp3) is 0.500. The quantitative estimate of drug-likeness (QED) is 0.583. The summed E-state index contributed by atoms with van der Waals surface area (Å²) in [5.41, 5.74) is 6.31. The molecule has 2 heterocycles. The van der Waals surface area contributed by atoms with Crippen LogP contribution >= 0.6 is 0 Å². The SMILES string of the molecule is CC1CN(c2ncccc2C(=N)N)CC1C. The highest BCUT2D eigenvalue weighted by Crippen LogP contribution is 2.28. The molecule has 1 saturated heterocycles. The molecule has 0 spiro atoms. The van der Waals surface area contributed by atoms with Gasteiger partial charge in [0.15, 0.2) is 0 Å². The number of nitrogens with zero attached hydrogens (tertiary/aromatic N) is 2. The third kappa shape index (κ3) is 1.87. The van der Waals surface area contributed by atoms with Crippen molar-refractivity contribution >= 4 is 11.7 Å². The third-order valence-corrected chi connectivity index (χ3v) is 3.36. The Morgan fingerprint density at radius 3 is 2.62 bits per heavy atom. The Balaban J connectivity index is 2.31. The molecule has 2 atom stereocenters. The lowest BCUT2D eigenvalue weighted by Crippen LogP contribution is -2.25. The maximum Gasteiger partial charge on any atom is 0.139 e. The lowest BCUT2D eigenvalue weighted by Gasteiger charge is -2.19. The number of nitrogens with two attached hydrogens (primary N) is 1. The molecule has 2 rings (SSSR count). The molecular formula is C12H18N4. The van der Waals surface area contributed by atoms with E-state index in [4.69, 9.17) is 11.1 Å². The van der Waals surface area contributed by atoms with Gasteiger partial charge in [0.2, 0.25) is 0 Å². The van der Waals surface area contributed by atoms with Crippen molar-refractivity contribution in [1.82, 2.24) is 4.98 Å². The first-order valence-electron chi connectivity index (χ1n) is 5.64. The smallest absolute Gasteiger partial charge is 0.139 e. The van der Waals surface area contributed by atoms with Gasteiger partial charge in [-0.05, 0) is 24.0 Å². The van der Waals surface area contributed by atoms with E-state index in [9.17, 15) is 0 Å². The molecule has 1 aromatic heterocycles. The van der Waals surface area contributed by atoms with Crippen LogP contribution in [0.1, 0.15) is 19.4 Å². The molecule has 1 aromatic rings. The summed E-state index contributed by atoms with van der Waals surface area (Å²) in [6.45, 7) is 6.50. The Labute approximate surface area is 96.0 Å². The van der Waals surface area contributed by atoms with Crippen molar-refractivity contribution < 1.29 is 0 Å². The number of anilines is 1. The van der Waals surface area contributed by atoms with Crippen molar-refractivity contribution in [3.63, 3.8) is 0 Å². The molecule has 0 saturated carbocycles. The lowest BCUT2D eigenvalue weighted by molar-refractivity contribution is 0.494. The number of pyridine rings is 1. The highest BCUT2D eigenvalue weighted by molar-refractivity contribution is 5.99. The summed E-state index contributed by atoms with van der Waals surface area (Å²) in [6, 6.07) is 3.68. The minimum Gasteiger partial charge on any atom is -0.384 e. The first-order chi connectivity index (χ1) is 7.59. The van der Waals surface area contributed by atoms with E-state index in [1.54, 1.807) is 6.20 Å². The van der Waals surface area contributed by atoms with Crippen molar-refractivity contribution in [1.29, 1.82) is 5.41 Å². The van der Waals surface area contributed by atoms with Gasteiger partial charge >= 0.3 is 0 Å². The van der Waals surface area contributed by atoms with Crippen LogP contribution in [-0.2, 0) is 0 Å². The fourth-order valence-corrected chi connectivity index (χ4v) is 2.16. The Hall–Kier alpha value is -1.58. The molecule has 1 aliphatic rings. The van der Waals surface area contributed by atoms with E-state index in [-0.39, 0.29) is 5.84 Å². The highest BCUT2D eigenvalue weighted by atomic mass is 15.2. The van der Waals surface area contributed by atoms with Gasteiger partial charge in [-0.1, -0.05) is 13.8 Å². The molecule has 4 heteroatoms. The monoisotopic (exact) mass is 218 g/mol. The maximum atomic E-state index is 7.55. The summed E-state index contributed by atoms with van der Waals surface area (Å²) in [4.78, 5) is 6.58. The number of rotatable bonds is 2. The summed E-state index contributed by atoms with van der Waals surface area (Å²) in [6.07, 6.45) is 1.76. The molecule has 16 heavy (non-hydrogen) atoms. The van der Waals surface area contributed by atoms with Gasteiger partial charge in [-0.2, -0.15) is 0 Å². The number of aromatic nitrogens is 1. The second kappa shape index (κ2) is 4.12. The van der Waals surface area contributed by atoms with Crippen LogP contribution in [0.3, 0.4) is 0 Å². The van der Waals surface area contributed by atoms with Crippen LogP contribution < -0.4 is 10.6 Å². The van der Waals surface area contributed by atoms with E-state index in [1.165, 1.54) is 0 Å². The van der Waals surface area contributed by atoms with E-state index in [0.717, 1.165) is 24.5 Å². The second-order valence-electron chi connectivity index (χ2n) is 4.65. The zero-order valence-corrected chi connectivity index (χ0v) is 9.77. The molecule has 4 nitrogen and oxygen atoms in total. The van der Waals surface area contributed by atoms with Crippen LogP contribution in [0.2, 0.25) is 0 Å². The van der Waals surface area contributed by atoms with E-state index >= 15 is 0 Å². The summed E-state index contributed by atoms with van der Waals surface area (Å²) in [7, 11) is 0. The molecule has 1 aliphatic heterocycles. The van der Waals surface area contributed by atoms with Gasteiger partial charge in [-0.15, -0.1) is 0 Å². The molecule has 1 fully saturated rings. The molecule has 0 radical (unpaired) electrons. The topological polar surface area (TPSA) is 66.0 Å². The van der Waals surface area contributed by atoms with Gasteiger partial charge in [-0.3, -0.25) is 5.41 Å². The van der Waals surface area contributed by atoms with Crippen LogP contribution in [0, 0.1) is 17.2 Å². The first-order valence-corrected chi connectivity index (χ1v) is 5.64. The van der Waals surface area contributed by atoms with Crippen LogP contribution in [0.4, 0.5) is 5.82 Å². The van der Waals surface area contributed by atoms with Gasteiger partial charge in [0.25, 0.3) is 0 Å². The van der Waals surface area contributed by atoms with Crippen molar-refractivity contribution in [3.05, 3.63) is 23.9 Å². The maximum absolute atomic E-state index is 7.55.